The van der Waals surface area contributed by atoms with Crippen molar-refractivity contribution in [2.75, 3.05) is 23.1 Å². The van der Waals surface area contributed by atoms with Crippen molar-refractivity contribution in [3.05, 3.63) is 89.5 Å². The van der Waals surface area contributed by atoms with Crippen LogP contribution >= 0.6 is 11.8 Å². The van der Waals surface area contributed by atoms with Gasteiger partial charge in [-0.3, -0.25) is 14.5 Å². The molecule has 4 rings (SSSR count). The lowest BCUT2D eigenvalue weighted by molar-refractivity contribution is -0.115. The highest BCUT2D eigenvalue weighted by Crippen LogP contribution is 2.42. The molecule has 1 N–H and O–H groups in total. The number of rotatable bonds is 9. The van der Waals surface area contributed by atoms with Gasteiger partial charge in [0.2, 0.25) is 5.91 Å². The van der Waals surface area contributed by atoms with Crippen LogP contribution in [0.25, 0.3) is 0 Å². The molecular formula is C28H30N2O3S. The number of anilines is 2. The Labute approximate surface area is 205 Å². The van der Waals surface area contributed by atoms with Crippen molar-refractivity contribution in [2.24, 2.45) is 0 Å². The molecule has 0 aromatic heterocycles. The number of ether oxygens (including phenoxy) is 1. The van der Waals surface area contributed by atoms with Gasteiger partial charge in [0, 0.05) is 16.9 Å². The van der Waals surface area contributed by atoms with Gasteiger partial charge in [0.05, 0.1) is 12.9 Å². The number of carbonyl (C=O) groups is 2. The second kappa shape index (κ2) is 11.3. The average molecular weight is 475 g/mol. The maximum Gasteiger partial charge on any atom is 0.255 e. The number of thioether (sulfide) groups is 1. The zero-order chi connectivity index (χ0) is 23.9. The summed E-state index contributed by atoms with van der Waals surface area (Å²) in [6.45, 7) is 2.20. The molecule has 1 unspecified atom stereocenters. The topological polar surface area (TPSA) is 58.6 Å². The molecule has 0 bridgehead atoms. The van der Waals surface area contributed by atoms with E-state index >= 15 is 0 Å². The van der Waals surface area contributed by atoms with Crippen LogP contribution in [0.2, 0.25) is 0 Å². The first kappa shape index (κ1) is 23.9. The number of hydrogen-bond acceptors (Lipinski definition) is 4. The van der Waals surface area contributed by atoms with Crippen molar-refractivity contribution in [3.8, 4) is 5.75 Å². The van der Waals surface area contributed by atoms with Crippen LogP contribution in [0.1, 0.15) is 53.0 Å². The molecule has 1 heterocycles. The van der Waals surface area contributed by atoms with Gasteiger partial charge in [-0.05, 0) is 72.5 Å². The summed E-state index contributed by atoms with van der Waals surface area (Å²) in [5.41, 5.74) is 4.49. The van der Waals surface area contributed by atoms with Gasteiger partial charge in [-0.1, -0.05) is 44.0 Å². The molecule has 1 saturated heterocycles. The molecule has 1 aliphatic heterocycles. The van der Waals surface area contributed by atoms with Gasteiger partial charge in [0.25, 0.3) is 5.91 Å². The fourth-order valence-corrected chi connectivity index (χ4v) is 5.21. The van der Waals surface area contributed by atoms with Crippen LogP contribution in [0, 0.1) is 0 Å². The Bertz CT molecular complexity index is 1110. The van der Waals surface area contributed by atoms with Crippen LogP contribution in [-0.4, -0.2) is 24.7 Å². The Kier molecular flexibility index (Phi) is 7.91. The third kappa shape index (κ3) is 5.62. The number of amides is 2. The van der Waals surface area contributed by atoms with Crippen molar-refractivity contribution in [2.45, 2.75) is 38.0 Å². The van der Waals surface area contributed by atoms with Gasteiger partial charge in [0.1, 0.15) is 11.1 Å². The standard InChI is InChI=1S/C28H30N2O3S/c1-3-4-5-6-20-7-9-21(10-8-20)27(32)29-23-13-11-22(12-14-23)28-30(26(31)19-34-28)24-15-17-25(33-2)18-16-24/h7-18,28H,3-6,19H2,1-2H3,(H,29,32). The van der Waals surface area contributed by atoms with E-state index in [2.05, 4.69) is 12.2 Å². The maximum atomic E-state index is 12.7. The number of aryl methyl sites for hydroxylation is 1. The highest BCUT2D eigenvalue weighted by Gasteiger charge is 2.34. The first-order valence-corrected chi connectivity index (χ1v) is 12.7. The summed E-state index contributed by atoms with van der Waals surface area (Å²) in [5, 5.41) is 2.87. The SMILES string of the molecule is CCCCCc1ccc(C(=O)Nc2ccc(C3SCC(=O)N3c3ccc(OC)cc3)cc2)cc1. The molecule has 34 heavy (non-hydrogen) atoms. The van der Waals surface area contributed by atoms with Gasteiger partial charge in [0.15, 0.2) is 0 Å². The van der Waals surface area contributed by atoms with E-state index in [1.165, 1.54) is 24.8 Å². The van der Waals surface area contributed by atoms with E-state index in [4.69, 9.17) is 4.74 Å². The first-order chi connectivity index (χ1) is 16.6. The quantitative estimate of drug-likeness (QED) is 0.362. The lowest BCUT2D eigenvalue weighted by atomic mass is 10.1. The predicted molar refractivity (Wildman–Crippen MR) is 140 cm³/mol. The number of nitrogens with one attached hydrogen (secondary N) is 1. The molecule has 1 aliphatic rings. The number of hydrogen-bond donors (Lipinski definition) is 1. The van der Waals surface area contributed by atoms with Crippen LogP contribution < -0.4 is 15.0 Å². The summed E-state index contributed by atoms with van der Waals surface area (Å²) < 4.78 is 5.23. The summed E-state index contributed by atoms with van der Waals surface area (Å²) in [4.78, 5) is 27.1. The molecule has 1 atom stereocenters. The predicted octanol–water partition coefficient (Wildman–Crippen LogP) is 6.46. The molecule has 0 radical (unpaired) electrons. The molecule has 0 spiro atoms. The number of nitrogens with zero attached hydrogens (tertiary/aromatic N) is 1. The number of unbranched alkanes of at least 4 members (excludes halogenated alkanes) is 2. The van der Waals surface area contributed by atoms with Crippen molar-refractivity contribution in [1.82, 2.24) is 0 Å². The van der Waals surface area contributed by atoms with Gasteiger partial charge in [-0.2, -0.15) is 0 Å². The van der Waals surface area contributed by atoms with Crippen LogP contribution in [0.4, 0.5) is 11.4 Å². The monoisotopic (exact) mass is 474 g/mol. The molecule has 0 aliphatic carbocycles. The smallest absolute Gasteiger partial charge is 0.255 e. The van der Waals surface area contributed by atoms with E-state index in [0.29, 0.717) is 11.3 Å². The van der Waals surface area contributed by atoms with Crippen LogP contribution in [0.3, 0.4) is 0 Å². The van der Waals surface area contributed by atoms with Crippen LogP contribution in [0.5, 0.6) is 5.75 Å². The summed E-state index contributed by atoms with van der Waals surface area (Å²) in [5.74, 6) is 1.14. The average Bonchev–Trinajstić information content (AvgIpc) is 3.26. The fraction of sp³-hybridized carbons (Fsp3) is 0.286. The van der Waals surface area contributed by atoms with E-state index < -0.39 is 0 Å². The summed E-state index contributed by atoms with van der Waals surface area (Å²) in [7, 11) is 1.62. The molecule has 3 aromatic carbocycles. The van der Waals surface area contributed by atoms with Gasteiger partial charge < -0.3 is 10.1 Å². The highest BCUT2D eigenvalue weighted by atomic mass is 32.2. The lowest BCUT2D eigenvalue weighted by Gasteiger charge is -2.24. The minimum absolute atomic E-state index is 0.0793. The third-order valence-corrected chi connectivity index (χ3v) is 7.17. The Morgan fingerprint density at radius 3 is 2.35 bits per heavy atom. The number of carbonyl (C=O) groups excluding carboxylic acids is 2. The van der Waals surface area contributed by atoms with E-state index in [-0.39, 0.29) is 17.2 Å². The zero-order valence-corrected chi connectivity index (χ0v) is 20.4. The second-order valence-electron chi connectivity index (χ2n) is 8.36. The minimum atomic E-state index is -0.127. The molecule has 5 nitrogen and oxygen atoms in total. The fourth-order valence-electron chi connectivity index (χ4n) is 4.03. The minimum Gasteiger partial charge on any atom is -0.497 e. The van der Waals surface area contributed by atoms with Crippen molar-refractivity contribution < 1.29 is 14.3 Å². The second-order valence-corrected chi connectivity index (χ2v) is 9.42. The molecular weight excluding hydrogens is 444 g/mol. The summed E-state index contributed by atoms with van der Waals surface area (Å²) >= 11 is 1.60. The normalized spacial score (nSPS) is 15.4. The molecule has 1 fully saturated rings. The Morgan fingerprint density at radius 2 is 1.71 bits per heavy atom. The van der Waals surface area contributed by atoms with E-state index in [0.717, 1.165) is 29.1 Å². The molecule has 3 aromatic rings. The van der Waals surface area contributed by atoms with Crippen LogP contribution in [-0.2, 0) is 11.2 Å². The third-order valence-electron chi connectivity index (χ3n) is 5.96. The maximum absolute atomic E-state index is 12.7. The summed E-state index contributed by atoms with van der Waals surface area (Å²) in [6.07, 6.45) is 4.65. The van der Waals surface area contributed by atoms with E-state index in [9.17, 15) is 9.59 Å². The van der Waals surface area contributed by atoms with E-state index in [1.54, 1.807) is 18.9 Å². The van der Waals surface area contributed by atoms with Crippen molar-refractivity contribution >= 4 is 35.0 Å². The Hall–Kier alpha value is -3.25. The first-order valence-electron chi connectivity index (χ1n) is 11.7. The molecule has 176 valence electrons. The number of benzene rings is 3. The molecule has 6 heteroatoms. The van der Waals surface area contributed by atoms with Crippen molar-refractivity contribution in [3.63, 3.8) is 0 Å². The Balaban J connectivity index is 1.41. The molecule has 0 saturated carbocycles. The van der Waals surface area contributed by atoms with Gasteiger partial charge in [-0.25, -0.2) is 0 Å². The van der Waals surface area contributed by atoms with Gasteiger partial charge >= 0.3 is 0 Å². The zero-order valence-electron chi connectivity index (χ0n) is 19.6. The molecule has 2 amide bonds. The largest absolute Gasteiger partial charge is 0.497 e. The summed E-state index contributed by atoms with van der Waals surface area (Å²) in [6, 6.07) is 23.1. The van der Waals surface area contributed by atoms with Crippen molar-refractivity contribution in [1.29, 1.82) is 0 Å². The van der Waals surface area contributed by atoms with E-state index in [1.807, 2.05) is 77.7 Å². The number of methoxy groups -OCH3 is 1. The Morgan fingerprint density at radius 1 is 1.00 bits per heavy atom. The lowest BCUT2D eigenvalue weighted by Crippen LogP contribution is -2.27. The highest BCUT2D eigenvalue weighted by molar-refractivity contribution is 8.00. The van der Waals surface area contributed by atoms with Gasteiger partial charge in [-0.15, -0.1) is 11.8 Å². The van der Waals surface area contributed by atoms with Crippen LogP contribution in [0.15, 0.2) is 72.8 Å².